The Morgan fingerprint density at radius 2 is 1.78 bits per heavy atom. The first-order valence-corrected chi connectivity index (χ1v) is 13.5. The summed E-state index contributed by atoms with van der Waals surface area (Å²) in [7, 11) is 1.65. The highest BCUT2D eigenvalue weighted by Gasteiger charge is 2.36. The fraction of sp³-hybridized carbons (Fsp3) is 0.188. The number of amides is 2. The number of nitrogens with zero attached hydrogens (tertiary/aromatic N) is 4. The van der Waals surface area contributed by atoms with E-state index in [4.69, 9.17) is 19.3 Å². The summed E-state index contributed by atoms with van der Waals surface area (Å²) in [6.45, 7) is 3.31. The molecule has 3 aromatic carbocycles. The smallest absolute Gasteiger partial charge is 0.322 e. The summed E-state index contributed by atoms with van der Waals surface area (Å²) in [4.78, 5) is 16.1. The molecule has 0 radical (unpaired) electrons. The molecule has 2 aliphatic heterocycles. The van der Waals surface area contributed by atoms with Gasteiger partial charge >= 0.3 is 6.03 Å². The highest BCUT2D eigenvalue weighted by molar-refractivity contribution is 5.90. The number of nitrogens with one attached hydrogen (secondary N) is 1. The monoisotopic (exact) mass is 547 g/mol. The number of hydrogen-bond acceptors (Lipinski definition) is 5. The number of carbonyl (C=O) groups excluding carboxylic acids is 1. The fourth-order valence-electron chi connectivity index (χ4n) is 5.63. The van der Waals surface area contributed by atoms with E-state index in [2.05, 4.69) is 16.0 Å². The second-order valence-corrected chi connectivity index (χ2v) is 10.0. The van der Waals surface area contributed by atoms with Gasteiger partial charge < -0.3 is 29.0 Å². The molecule has 0 saturated carbocycles. The zero-order valence-corrected chi connectivity index (χ0v) is 22.8. The predicted molar refractivity (Wildman–Crippen MR) is 154 cm³/mol. The largest absolute Gasteiger partial charge is 0.497 e. The number of urea groups is 1. The minimum Gasteiger partial charge on any atom is -0.497 e. The Labute approximate surface area is 237 Å². The molecule has 2 aromatic heterocycles. The molecule has 41 heavy (non-hydrogen) atoms. The van der Waals surface area contributed by atoms with Gasteiger partial charge in [-0.05, 0) is 61.0 Å². The highest BCUT2D eigenvalue weighted by Crippen LogP contribution is 2.40. The molecule has 0 aliphatic carbocycles. The van der Waals surface area contributed by atoms with E-state index in [0.717, 1.165) is 39.8 Å². The maximum atomic E-state index is 14.2. The normalized spacial score (nSPS) is 15.5. The number of rotatable bonds is 4. The van der Waals surface area contributed by atoms with Crippen molar-refractivity contribution in [3.8, 4) is 28.8 Å². The molecule has 5 aromatic rings. The van der Waals surface area contributed by atoms with Gasteiger partial charge in [-0.1, -0.05) is 30.3 Å². The van der Waals surface area contributed by atoms with Crippen LogP contribution in [0.5, 0.6) is 17.2 Å². The van der Waals surface area contributed by atoms with Gasteiger partial charge in [0.2, 0.25) is 0 Å². The van der Waals surface area contributed by atoms with Crippen molar-refractivity contribution < 1.29 is 19.0 Å². The molecule has 9 heteroatoms. The first kappa shape index (κ1) is 24.8. The Morgan fingerprint density at radius 1 is 0.951 bits per heavy atom. The van der Waals surface area contributed by atoms with Gasteiger partial charge in [0.15, 0.2) is 11.5 Å². The average Bonchev–Trinajstić information content (AvgIpc) is 3.57. The highest BCUT2D eigenvalue weighted by atomic mass is 16.6. The van der Waals surface area contributed by atoms with E-state index in [1.54, 1.807) is 13.2 Å². The van der Waals surface area contributed by atoms with Crippen LogP contribution in [0.15, 0.2) is 91.1 Å². The first-order valence-electron chi connectivity index (χ1n) is 13.5. The first-order chi connectivity index (χ1) is 20.1. The van der Waals surface area contributed by atoms with E-state index in [1.165, 1.54) is 0 Å². The maximum Gasteiger partial charge on any atom is 0.322 e. The van der Waals surface area contributed by atoms with Crippen molar-refractivity contribution in [2.45, 2.75) is 19.5 Å². The third-order valence-corrected chi connectivity index (χ3v) is 7.55. The molecule has 1 N–H and O–H groups in total. The van der Waals surface area contributed by atoms with E-state index in [9.17, 15) is 4.79 Å². The van der Waals surface area contributed by atoms with Gasteiger partial charge in [0.1, 0.15) is 24.8 Å². The zero-order chi connectivity index (χ0) is 27.9. The van der Waals surface area contributed by atoms with Crippen molar-refractivity contribution in [2.24, 2.45) is 0 Å². The third kappa shape index (κ3) is 4.35. The number of para-hydroxylation sites is 1. The Bertz CT molecular complexity index is 1740. The van der Waals surface area contributed by atoms with Crippen LogP contribution < -0.4 is 19.5 Å². The number of aryl methyl sites for hydroxylation is 1. The molecule has 7 rings (SSSR count). The number of aromatic nitrogens is 3. The number of methoxy groups -OCH3 is 1. The molecule has 0 saturated heterocycles. The van der Waals surface area contributed by atoms with Gasteiger partial charge in [0, 0.05) is 23.5 Å². The summed E-state index contributed by atoms with van der Waals surface area (Å²) < 4.78 is 21.1. The average molecular weight is 548 g/mol. The minimum atomic E-state index is -0.409. The van der Waals surface area contributed by atoms with Crippen molar-refractivity contribution in [1.29, 1.82) is 0 Å². The summed E-state index contributed by atoms with van der Waals surface area (Å²) in [5, 5.41) is 8.03. The second kappa shape index (κ2) is 10.1. The van der Waals surface area contributed by atoms with E-state index in [-0.39, 0.29) is 6.03 Å². The molecule has 0 fully saturated rings. The lowest BCUT2D eigenvalue weighted by atomic mass is 10.0. The van der Waals surface area contributed by atoms with Gasteiger partial charge in [-0.25, -0.2) is 9.48 Å². The predicted octanol–water partition coefficient (Wildman–Crippen LogP) is 5.89. The fourth-order valence-corrected chi connectivity index (χ4v) is 5.63. The minimum absolute atomic E-state index is 0.248. The van der Waals surface area contributed by atoms with Crippen molar-refractivity contribution in [2.75, 3.05) is 25.6 Å². The van der Waals surface area contributed by atoms with Crippen LogP contribution in [-0.4, -0.2) is 45.6 Å². The molecule has 4 heterocycles. The number of hydrogen-bond donors (Lipinski definition) is 1. The Balaban J connectivity index is 1.37. The van der Waals surface area contributed by atoms with Crippen LogP contribution in [-0.2, 0) is 6.54 Å². The molecule has 2 aliphatic rings. The standard InChI is InChI=1S/C32H29N5O4/c1-21-26-20-36(32(38)33-23-13-14-28-29(19-23)41-17-16-40-28)30(22-8-6-11-25(18-22)39-2)27-12-7-15-35(27)31(26)37(34-21)24-9-4-3-5-10-24/h3-15,18-19,30H,16-17,20H2,1-2H3,(H,33,38)/t30-/m1/s1. The molecule has 206 valence electrons. The van der Waals surface area contributed by atoms with Crippen molar-refractivity contribution in [3.05, 3.63) is 114 Å². The van der Waals surface area contributed by atoms with Crippen molar-refractivity contribution in [3.63, 3.8) is 0 Å². The SMILES string of the molecule is COc1cccc([C@@H]2c3cccn3-c3c(c(C)nn3-c3ccccc3)CN2C(=O)Nc2ccc3c(c2)OCCO3)c1. The Kier molecular flexibility index (Phi) is 6.11. The van der Waals surface area contributed by atoms with Crippen molar-refractivity contribution >= 4 is 11.7 Å². The van der Waals surface area contributed by atoms with Crippen LogP contribution >= 0.6 is 0 Å². The summed E-state index contributed by atoms with van der Waals surface area (Å²) in [5.41, 5.74) is 5.26. The molecular weight excluding hydrogens is 518 g/mol. The number of benzene rings is 3. The number of ether oxygens (including phenoxy) is 3. The topological polar surface area (TPSA) is 82.8 Å². The Hall–Kier alpha value is -5.18. The zero-order valence-electron chi connectivity index (χ0n) is 22.8. The van der Waals surface area contributed by atoms with Gasteiger partial charge in [-0.15, -0.1) is 0 Å². The van der Waals surface area contributed by atoms with Crippen LogP contribution in [0, 0.1) is 6.92 Å². The molecule has 2 amide bonds. The summed E-state index contributed by atoms with van der Waals surface area (Å²) in [6, 6.07) is 26.8. The lowest BCUT2D eigenvalue weighted by Crippen LogP contribution is -2.38. The summed E-state index contributed by atoms with van der Waals surface area (Å²) in [6.07, 6.45) is 2.03. The molecule has 0 bridgehead atoms. The van der Waals surface area contributed by atoms with E-state index in [0.29, 0.717) is 36.9 Å². The summed E-state index contributed by atoms with van der Waals surface area (Å²) >= 11 is 0. The third-order valence-electron chi connectivity index (χ3n) is 7.55. The number of fused-ring (bicyclic) bond motifs is 4. The van der Waals surface area contributed by atoms with E-state index >= 15 is 0 Å². The van der Waals surface area contributed by atoms with Crippen LogP contribution in [0.2, 0.25) is 0 Å². The van der Waals surface area contributed by atoms with Crippen LogP contribution in [0.3, 0.4) is 0 Å². The van der Waals surface area contributed by atoms with Crippen LogP contribution in [0.4, 0.5) is 10.5 Å². The van der Waals surface area contributed by atoms with Crippen LogP contribution in [0.25, 0.3) is 11.5 Å². The van der Waals surface area contributed by atoms with Gasteiger partial charge in [-0.2, -0.15) is 5.10 Å². The molecular formula is C32H29N5O4. The quantitative estimate of drug-likeness (QED) is 0.304. The van der Waals surface area contributed by atoms with Gasteiger partial charge in [0.25, 0.3) is 0 Å². The Morgan fingerprint density at radius 3 is 2.61 bits per heavy atom. The molecule has 0 spiro atoms. The van der Waals surface area contributed by atoms with E-state index < -0.39 is 6.04 Å². The second-order valence-electron chi connectivity index (χ2n) is 10.0. The van der Waals surface area contributed by atoms with Crippen LogP contribution in [0.1, 0.15) is 28.6 Å². The number of anilines is 1. The number of carbonyl (C=O) groups is 1. The van der Waals surface area contributed by atoms with Gasteiger partial charge in [-0.3, -0.25) is 0 Å². The lowest BCUT2D eigenvalue weighted by Gasteiger charge is -2.31. The molecule has 1 atom stereocenters. The molecule has 9 nitrogen and oxygen atoms in total. The lowest BCUT2D eigenvalue weighted by molar-refractivity contribution is 0.171. The van der Waals surface area contributed by atoms with Gasteiger partial charge in [0.05, 0.1) is 36.8 Å². The molecule has 0 unspecified atom stereocenters. The maximum absolute atomic E-state index is 14.2. The summed E-state index contributed by atoms with van der Waals surface area (Å²) in [5.74, 6) is 2.92. The van der Waals surface area contributed by atoms with Crippen molar-refractivity contribution in [1.82, 2.24) is 19.2 Å². The van der Waals surface area contributed by atoms with E-state index in [1.807, 2.05) is 95.5 Å².